The van der Waals surface area contributed by atoms with Crippen molar-refractivity contribution in [2.24, 2.45) is 0 Å². The molecule has 0 aromatic heterocycles. The highest BCUT2D eigenvalue weighted by atomic mass is 31.2. The molecule has 0 radical (unpaired) electrons. The molecule has 148 valence electrons. The number of hydrogen-bond donors (Lipinski definition) is 0. The molecule has 8 heteroatoms. The SMILES string of the molecule is CCCC(C)(CCC)OC(=O)CC(C(=O)OC)P(=O)(OCC)OCC. The summed E-state index contributed by atoms with van der Waals surface area (Å²) in [4.78, 5) is 24.5. The average molecular weight is 380 g/mol. The van der Waals surface area contributed by atoms with Crippen LogP contribution < -0.4 is 0 Å². The third kappa shape index (κ3) is 7.89. The molecule has 0 aliphatic heterocycles. The van der Waals surface area contributed by atoms with Crippen molar-refractivity contribution in [1.29, 1.82) is 0 Å². The molecule has 0 saturated carbocycles. The van der Waals surface area contributed by atoms with Crippen molar-refractivity contribution >= 4 is 19.5 Å². The fraction of sp³-hybridized carbons (Fsp3) is 0.882. The summed E-state index contributed by atoms with van der Waals surface area (Å²) in [6.45, 7) is 9.34. The number of esters is 2. The number of carbonyl (C=O) groups excluding carboxylic acids is 2. The molecule has 1 unspecified atom stereocenters. The van der Waals surface area contributed by atoms with E-state index in [0.29, 0.717) is 12.8 Å². The van der Waals surface area contributed by atoms with E-state index in [1.54, 1.807) is 13.8 Å². The molecular formula is C17H33O7P. The van der Waals surface area contributed by atoms with E-state index < -0.39 is 37.2 Å². The number of carbonyl (C=O) groups is 2. The molecule has 25 heavy (non-hydrogen) atoms. The molecule has 0 amide bonds. The fourth-order valence-electron chi connectivity index (χ4n) is 2.80. The van der Waals surface area contributed by atoms with Gasteiger partial charge in [0.05, 0.1) is 26.7 Å². The van der Waals surface area contributed by atoms with Crippen LogP contribution in [0, 0.1) is 0 Å². The van der Waals surface area contributed by atoms with E-state index >= 15 is 0 Å². The quantitative estimate of drug-likeness (QED) is 0.351. The van der Waals surface area contributed by atoms with Crippen LogP contribution in [0.4, 0.5) is 0 Å². The minimum absolute atomic E-state index is 0.0865. The maximum Gasteiger partial charge on any atom is 0.345 e. The van der Waals surface area contributed by atoms with E-state index in [9.17, 15) is 14.2 Å². The molecule has 0 aromatic rings. The first-order chi connectivity index (χ1) is 11.7. The highest BCUT2D eigenvalue weighted by molar-refractivity contribution is 7.55. The summed E-state index contributed by atoms with van der Waals surface area (Å²) >= 11 is 0. The third-order valence-electron chi connectivity index (χ3n) is 3.75. The lowest BCUT2D eigenvalue weighted by Gasteiger charge is -2.30. The predicted molar refractivity (Wildman–Crippen MR) is 95.6 cm³/mol. The Hall–Kier alpha value is -0.910. The molecule has 1 atom stereocenters. The van der Waals surface area contributed by atoms with E-state index in [-0.39, 0.29) is 13.2 Å². The summed E-state index contributed by atoms with van der Waals surface area (Å²) in [5.74, 6) is -1.42. The van der Waals surface area contributed by atoms with Gasteiger partial charge in [0.1, 0.15) is 5.60 Å². The predicted octanol–water partition coefficient (Wildman–Crippen LogP) is 4.09. The second-order valence-corrected chi connectivity index (χ2v) is 8.26. The van der Waals surface area contributed by atoms with E-state index in [1.807, 2.05) is 20.8 Å². The molecule has 0 N–H and O–H groups in total. The van der Waals surface area contributed by atoms with Gasteiger partial charge in [-0.05, 0) is 33.6 Å². The molecule has 7 nitrogen and oxygen atoms in total. The van der Waals surface area contributed by atoms with Crippen LogP contribution in [0.3, 0.4) is 0 Å². The van der Waals surface area contributed by atoms with Crippen LogP contribution in [0.1, 0.15) is 66.7 Å². The zero-order chi connectivity index (χ0) is 19.5. The van der Waals surface area contributed by atoms with E-state index in [0.717, 1.165) is 12.8 Å². The van der Waals surface area contributed by atoms with Crippen LogP contribution in [0.15, 0.2) is 0 Å². The van der Waals surface area contributed by atoms with Crippen molar-refractivity contribution in [3.63, 3.8) is 0 Å². The molecule has 0 aliphatic rings. The molecule has 0 fully saturated rings. The molecule has 0 rings (SSSR count). The van der Waals surface area contributed by atoms with Gasteiger partial charge in [0.2, 0.25) is 0 Å². The zero-order valence-electron chi connectivity index (χ0n) is 16.3. The summed E-state index contributed by atoms with van der Waals surface area (Å²) in [5, 5.41) is 0. The molecule has 0 bridgehead atoms. The smallest absolute Gasteiger partial charge is 0.345 e. The summed E-state index contributed by atoms with van der Waals surface area (Å²) in [6.07, 6.45) is 2.74. The van der Waals surface area contributed by atoms with E-state index in [2.05, 4.69) is 0 Å². The van der Waals surface area contributed by atoms with Crippen molar-refractivity contribution in [1.82, 2.24) is 0 Å². The Bertz CT molecular complexity index is 448. The monoisotopic (exact) mass is 380 g/mol. The molecular weight excluding hydrogens is 347 g/mol. The van der Waals surface area contributed by atoms with Gasteiger partial charge in [0.15, 0.2) is 5.66 Å². The van der Waals surface area contributed by atoms with Gasteiger partial charge in [0.25, 0.3) is 0 Å². The summed E-state index contributed by atoms with van der Waals surface area (Å²) in [5.41, 5.74) is -1.94. The Kier molecular flexibility index (Phi) is 11.2. The van der Waals surface area contributed by atoms with E-state index in [4.69, 9.17) is 18.5 Å². The first-order valence-electron chi connectivity index (χ1n) is 8.90. The Labute approximate surface area is 151 Å². The van der Waals surface area contributed by atoms with Crippen molar-refractivity contribution in [3.8, 4) is 0 Å². The first kappa shape index (κ1) is 24.1. The fourth-order valence-corrected chi connectivity index (χ4v) is 4.69. The Morgan fingerprint density at radius 3 is 1.84 bits per heavy atom. The Morgan fingerprint density at radius 2 is 1.48 bits per heavy atom. The third-order valence-corrected chi connectivity index (χ3v) is 6.14. The lowest BCUT2D eigenvalue weighted by atomic mass is 9.95. The lowest BCUT2D eigenvalue weighted by Crippen LogP contribution is -2.35. The van der Waals surface area contributed by atoms with Crippen molar-refractivity contribution in [2.75, 3.05) is 20.3 Å². The zero-order valence-corrected chi connectivity index (χ0v) is 17.2. The van der Waals surface area contributed by atoms with Crippen LogP contribution in [0.25, 0.3) is 0 Å². The normalized spacial score (nSPS) is 13.4. The average Bonchev–Trinajstić information content (AvgIpc) is 2.52. The van der Waals surface area contributed by atoms with Gasteiger partial charge in [-0.2, -0.15) is 0 Å². The van der Waals surface area contributed by atoms with Crippen LogP contribution in [0.5, 0.6) is 0 Å². The van der Waals surface area contributed by atoms with Crippen molar-refractivity contribution in [3.05, 3.63) is 0 Å². The van der Waals surface area contributed by atoms with Crippen LogP contribution in [0.2, 0.25) is 0 Å². The number of ether oxygens (including phenoxy) is 2. The van der Waals surface area contributed by atoms with Gasteiger partial charge in [0, 0.05) is 0 Å². The largest absolute Gasteiger partial charge is 0.468 e. The highest BCUT2D eigenvalue weighted by Crippen LogP contribution is 2.54. The topological polar surface area (TPSA) is 88.1 Å². The Balaban J connectivity index is 5.34. The highest BCUT2D eigenvalue weighted by Gasteiger charge is 2.44. The second kappa shape index (κ2) is 11.7. The molecule has 0 heterocycles. The maximum absolute atomic E-state index is 12.9. The van der Waals surface area contributed by atoms with Crippen LogP contribution >= 0.6 is 7.60 Å². The van der Waals surface area contributed by atoms with Crippen molar-refractivity contribution in [2.45, 2.75) is 78.0 Å². The molecule has 0 spiro atoms. The summed E-state index contributed by atoms with van der Waals surface area (Å²) in [6, 6.07) is 0. The van der Waals surface area contributed by atoms with Gasteiger partial charge >= 0.3 is 19.5 Å². The van der Waals surface area contributed by atoms with Gasteiger partial charge in [-0.1, -0.05) is 26.7 Å². The standard InChI is InChI=1S/C17H33O7P/c1-7-11-17(5,12-8-2)24-15(18)13-14(16(19)21-6)25(20,22-9-3)23-10-4/h14H,7-13H2,1-6H3. The second-order valence-electron chi connectivity index (χ2n) is 6.04. The number of methoxy groups -OCH3 is 1. The van der Waals surface area contributed by atoms with Crippen molar-refractivity contribution < 1.29 is 32.7 Å². The van der Waals surface area contributed by atoms with Gasteiger partial charge in [-0.25, -0.2) is 0 Å². The van der Waals surface area contributed by atoms with Gasteiger partial charge in [-0.15, -0.1) is 0 Å². The first-order valence-corrected chi connectivity index (χ1v) is 10.5. The molecule has 0 saturated heterocycles. The number of rotatable bonds is 13. The lowest BCUT2D eigenvalue weighted by molar-refractivity contribution is -0.161. The molecule has 0 aliphatic carbocycles. The Morgan fingerprint density at radius 1 is 1.00 bits per heavy atom. The van der Waals surface area contributed by atoms with Crippen LogP contribution in [-0.4, -0.2) is 43.5 Å². The number of hydrogen-bond acceptors (Lipinski definition) is 7. The maximum atomic E-state index is 12.9. The minimum Gasteiger partial charge on any atom is -0.468 e. The van der Waals surface area contributed by atoms with E-state index in [1.165, 1.54) is 7.11 Å². The van der Waals surface area contributed by atoms with Gasteiger partial charge in [-0.3, -0.25) is 14.2 Å². The van der Waals surface area contributed by atoms with Crippen LogP contribution in [-0.2, 0) is 32.7 Å². The van der Waals surface area contributed by atoms with Gasteiger partial charge < -0.3 is 18.5 Å². The minimum atomic E-state index is -3.83. The molecule has 0 aromatic carbocycles. The summed E-state index contributed by atoms with van der Waals surface area (Å²) in [7, 11) is -2.66. The summed E-state index contributed by atoms with van der Waals surface area (Å²) < 4.78 is 33.6.